The highest BCUT2D eigenvalue weighted by molar-refractivity contribution is 6.33. The van der Waals surface area contributed by atoms with Gasteiger partial charge in [0, 0.05) is 18.3 Å². The first-order valence-electron chi connectivity index (χ1n) is 5.91. The van der Waals surface area contributed by atoms with Crippen molar-refractivity contribution in [2.75, 3.05) is 17.2 Å². The Bertz CT molecular complexity index is 583. The van der Waals surface area contributed by atoms with Crippen LogP contribution in [0.4, 0.5) is 17.5 Å². The van der Waals surface area contributed by atoms with Gasteiger partial charge in [-0.25, -0.2) is 4.98 Å². The smallest absolute Gasteiger partial charge is 0.225 e. The number of hydrogen-bond donors (Lipinski definition) is 2. The first kappa shape index (κ1) is 13.4. The zero-order chi connectivity index (χ0) is 13.7. The second-order valence-electron chi connectivity index (χ2n) is 3.99. The molecule has 2 rings (SSSR count). The van der Waals surface area contributed by atoms with Gasteiger partial charge in [0.05, 0.1) is 10.7 Å². The number of halogens is 1. The zero-order valence-electron chi connectivity index (χ0n) is 10.7. The third-order valence-electron chi connectivity index (χ3n) is 2.40. The van der Waals surface area contributed by atoms with Crippen LogP contribution in [0.3, 0.4) is 0 Å². The summed E-state index contributed by atoms with van der Waals surface area (Å²) in [6.07, 6.45) is 1.76. The van der Waals surface area contributed by atoms with Crippen molar-refractivity contribution in [3.05, 3.63) is 53.7 Å². The van der Waals surface area contributed by atoms with Crippen LogP contribution in [0.2, 0.25) is 5.02 Å². The van der Waals surface area contributed by atoms with Crippen molar-refractivity contribution in [3.8, 4) is 0 Å². The lowest BCUT2D eigenvalue weighted by atomic mass is 10.3. The van der Waals surface area contributed by atoms with Gasteiger partial charge in [0.15, 0.2) is 0 Å². The summed E-state index contributed by atoms with van der Waals surface area (Å²) < 4.78 is 0. The Hall–Kier alpha value is -2.07. The van der Waals surface area contributed by atoms with Crippen molar-refractivity contribution in [2.45, 2.75) is 6.92 Å². The van der Waals surface area contributed by atoms with E-state index >= 15 is 0 Å². The molecule has 4 nitrogen and oxygen atoms in total. The van der Waals surface area contributed by atoms with Gasteiger partial charge in [0.25, 0.3) is 0 Å². The number of anilines is 3. The molecule has 0 atom stereocenters. The third-order valence-corrected chi connectivity index (χ3v) is 2.72. The first-order valence-corrected chi connectivity index (χ1v) is 6.29. The van der Waals surface area contributed by atoms with Gasteiger partial charge in [-0.15, -0.1) is 6.58 Å². The Labute approximate surface area is 117 Å². The predicted octanol–water partition coefficient (Wildman–Crippen LogP) is 3.78. The monoisotopic (exact) mass is 274 g/mol. The molecule has 5 heteroatoms. The molecule has 19 heavy (non-hydrogen) atoms. The molecule has 98 valence electrons. The van der Waals surface area contributed by atoms with Gasteiger partial charge in [0.2, 0.25) is 5.95 Å². The average molecular weight is 275 g/mol. The number of aryl methyl sites for hydroxylation is 1. The molecule has 0 unspecified atom stereocenters. The molecule has 2 aromatic rings. The lowest BCUT2D eigenvalue weighted by Gasteiger charge is -2.10. The van der Waals surface area contributed by atoms with Gasteiger partial charge in [0.1, 0.15) is 5.82 Å². The van der Waals surface area contributed by atoms with Gasteiger partial charge in [-0.3, -0.25) is 0 Å². The van der Waals surface area contributed by atoms with Crippen LogP contribution in [0.15, 0.2) is 43.0 Å². The van der Waals surface area contributed by atoms with Crippen molar-refractivity contribution < 1.29 is 0 Å². The zero-order valence-corrected chi connectivity index (χ0v) is 11.4. The van der Waals surface area contributed by atoms with Gasteiger partial charge < -0.3 is 10.6 Å². The Morgan fingerprint density at radius 1 is 1.32 bits per heavy atom. The summed E-state index contributed by atoms with van der Waals surface area (Å²) in [6.45, 7) is 6.18. The first-order chi connectivity index (χ1) is 9.19. The normalized spacial score (nSPS) is 10.0. The van der Waals surface area contributed by atoms with E-state index in [4.69, 9.17) is 11.6 Å². The molecule has 0 bridgehead atoms. The number of para-hydroxylation sites is 1. The highest BCUT2D eigenvalue weighted by Crippen LogP contribution is 2.24. The molecule has 0 saturated carbocycles. The molecule has 1 aromatic heterocycles. The summed E-state index contributed by atoms with van der Waals surface area (Å²) in [5.74, 6) is 1.27. The highest BCUT2D eigenvalue weighted by Gasteiger charge is 2.04. The van der Waals surface area contributed by atoms with Crippen molar-refractivity contribution in [1.29, 1.82) is 0 Å². The van der Waals surface area contributed by atoms with Gasteiger partial charge in [-0.05, 0) is 19.1 Å². The van der Waals surface area contributed by atoms with Crippen LogP contribution in [0.1, 0.15) is 5.69 Å². The van der Waals surface area contributed by atoms with Crippen molar-refractivity contribution in [2.24, 2.45) is 0 Å². The molecule has 0 aliphatic heterocycles. The minimum atomic E-state index is 0.564. The van der Waals surface area contributed by atoms with E-state index in [2.05, 4.69) is 27.2 Å². The number of rotatable bonds is 5. The number of benzene rings is 1. The van der Waals surface area contributed by atoms with Gasteiger partial charge in [-0.2, -0.15) is 4.98 Å². The molecule has 0 spiro atoms. The molecule has 0 amide bonds. The summed E-state index contributed by atoms with van der Waals surface area (Å²) in [5.41, 5.74) is 1.69. The fourth-order valence-electron chi connectivity index (χ4n) is 1.58. The molecule has 1 aromatic carbocycles. The van der Waals surface area contributed by atoms with E-state index in [1.165, 1.54) is 0 Å². The van der Waals surface area contributed by atoms with Crippen LogP contribution in [0.5, 0.6) is 0 Å². The quantitative estimate of drug-likeness (QED) is 0.815. The number of nitrogens with one attached hydrogen (secondary N) is 2. The van der Waals surface area contributed by atoms with E-state index < -0.39 is 0 Å². The highest BCUT2D eigenvalue weighted by atomic mass is 35.5. The molecule has 0 radical (unpaired) electrons. The molecular formula is C14H15ClN4. The molecule has 1 heterocycles. The van der Waals surface area contributed by atoms with E-state index in [0.29, 0.717) is 23.3 Å². The fourth-order valence-corrected chi connectivity index (χ4v) is 1.76. The summed E-state index contributed by atoms with van der Waals surface area (Å²) in [7, 11) is 0. The van der Waals surface area contributed by atoms with Crippen molar-refractivity contribution in [1.82, 2.24) is 9.97 Å². The minimum absolute atomic E-state index is 0.564. The van der Waals surface area contributed by atoms with Crippen LogP contribution >= 0.6 is 11.6 Å². The molecule has 0 aliphatic rings. The van der Waals surface area contributed by atoms with Crippen LogP contribution in [0, 0.1) is 6.92 Å². The predicted molar refractivity (Wildman–Crippen MR) is 80.2 cm³/mol. The van der Waals surface area contributed by atoms with Crippen LogP contribution in [-0.2, 0) is 0 Å². The number of aromatic nitrogens is 2. The van der Waals surface area contributed by atoms with Gasteiger partial charge in [-0.1, -0.05) is 29.8 Å². The maximum absolute atomic E-state index is 6.10. The molecule has 2 N–H and O–H groups in total. The van der Waals surface area contributed by atoms with Crippen LogP contribution in [0.25, 0.3) is 0 Å². The van der Waals surface area contributed by atoms with E-state index in [9.17, 15) is 0 Å². The lowest BCUT2D eigenvalue weighted by Crippen LogP contribution is -2.06. The molecular weight excluding hydrogens is 260 g/mol. The second kappa shape index (κ2) is 6.20. The van der Waals surface area contributed by atoms with Crippen LogP contribution in [-0.4, -0.2) is 16.5 Å². The Morgan fingerprint density at radius 2 is 2.11 bits per heavy atom. The minimum Gasteiger partial charge on any atom is -0.351 e. The Morgan fingerprint density at radius 3 is 2.84 bits per heavy atom. The standard InChI is InChI=1S/C14H15ClN4/c1-3-8-16-14-17-10(2)9-13(19-14)18-12-7-5-4-6-11(12)15/h3-7,9H,1,8H2,2H3,(H2,16,17,18,19). The van der Waals surface area contributed by atoms with E-state index in [-0.39, 0.29) is 0 Å². The van der Waals surface area contributed by atoms with E-state index in [1.807, 2.05) is 37.3 Å². The third kappa shape index (κ3) is 3.69. The summed E-state index contributed by atoms with van der Waals surface area (Å²) in [5, 5.41) is 6.90. The maximum atomic E-state index is 6.10. The maximum Gasteiger partial charge on any atom is 0.225 e. The van der Waals surface area contributed by atoms with E-state index in [1.54, 1.807) is 6.08 Å². The van der Waals surface area contributed by atoms with E-state index in [0.717, 1.165) is 11.4 Å². The number of nitrogens with zero attached hydrogens (tertiary/aromatic N) is 2. The topological polar surface area (TPSA) is 49.8 Å². The summed E-state index contributed by atoms with van der Waals surface area (Å²) in [6, 6.07) is 9.39. The molecule has 0 fully saturated rings. The Kier molecular flexibility index (Phi) is 4.36. The van der Waals surface area contributed by atoms with Gasteiger partial charge >= 0.3 is 0 Å². The Balaban J connectivity index is 2.22. The number of hydrogen-bond acceptors (Lipinski definition) is 4. The molecule has 0 aliphatic carbocycles. The second-order valence-corrected chi connectivity index (χ2v) is 4.40. The van der Waals surface area contributed by atoms with Crippen molar-refractivity contribution in [3.63, 3.8) is 0 Å². The summed E-state index contributed by atoms with van der Waals surface area (Å²) in [4.78, 5) is 8.66. The SMILES string of the molecule is C=CCNc1nc(C)cc(Nc2ccccc2Cl)n1. The fraction of sp³-hybridized carbons (Fsp3) is 0.143. The van der Waals surface area contributed by atoms with Crippen molar-refractivity contribution >= 4 is 29.1 Å². The van der Waals surface area contributed by atoms with Crippen LogP contribution < -0.4 is 10.6 Å². The summed E-state index contributed by atoms with van der Waals surface area (Å²) >= 11 is 6.10. The molecule has 0 saturated heterocycles. The average Bonchev–Trinajstić information content (AvgIpc) is 2.38. The largest absolute Gasteiger partial charge is 0.351 e. The lowest BCUT2D eigenvalue weighted by molar-refractivity contribution is 1.08.